The highest BCUT2D eigenvalue weighted by Gasteiger charge is 2.33. The number of likely N-dealkylation sites (N-methyl/N-ethyl adjacent to an activating group) is 1. The summed E-state index contributed by atoms with van der Waals surface area (Å²) in [6, 6.07) is 3.59. The van der Waals surface area contributed by atoms with Gasteiger partial charge in [0.1, 0.15) is 19.3 Å². The third kappa shape index (κ3) is 1.89. The summed E-state index contributed by atoms with van der Waals surface area (Å²) >= 11 is 0. The summed E-state index contributed by atoms with van der Waals surface area (Å²) in [6.45, 7) is 5.18. The molecule has 1 aromatic carbocycles. The van der Waals surface area contributed by atoms with Crippen molar-refractivity contribution in [2.24, 2.45) is 5.92 Å². The van der Waals surface area contributed by atoms with Crippen molar-refractivity contribution in [2.75, 3.05) is 30.5 Å². The van der Waals surface area contributed by atoms with E-state index in [4.69, 9.17) is 9.47 Å². The van der Waals surface area contributed by atoms with E-state index in [1.165, 1.54) is 0 Å². The van der Waals surface area contributed by atoms with Crippen LogP contribution in [0.3, 0.4) is 0 Å². The standard InChI is InChI=1S/C14H18N2O3/c1-8(2)13-14(17)16(3)10-7-12-11(6-9(10)15-13)18-4-5-19-12/h6-8,13,15H,4-5H2,1-3H3. The first-order chi connectivity index (χ1) is 9.08. The first-order valence-electron chi connectivity index (χ1n) is 6.55. The Bertz CT molecular complexity index is 528. The molecule has 0 saturated carbocycles. The number of hydrogen-bond donors (Lipinski definition) is 1. The van der Waals surface area contributed by atoms with Crippen LogP contribution in [0.15, 0.2) is 12.1 Å². The van der Waals surface area contributed by atoms with E-state index >= 15 is 0 Å². The Balaban J connectivity index is 2.04. The lowest BCUT2D eigenvalue weighted by Crippen LogP contribution is -2.47. The van der Waals surface area contributed by atoms with Gasteiger partial charge in [-0.3, -0.25) is 4.79 Å². The topological polar surface area (TPSA) is 50.8 Å². The van der Waals surface area contributed by atoms with Gasteiger partial charge < -0.3 is 19.7 Å². The number of anilines is 2. The van der Waals surface area contributed by atoms with Crippen molar-refractivity contribution in [2.45, 2.75) is 19.9 Å². The van der Waals surface area contributed by atoms with E-state index in [2.05, 4.69) is 5.32 Å². The summed E-state index contributed by atoms with van der Waals surface area (Å²) in [7, 11) is 1.80. The van der Waals surface area contributed by atoms with Crippen molar-refractivity contribution in [3.05, 3.63) is 12.1 Å². The average molecular weight is 262 g/mol. The van der Waals surface area contributed by atoms with Crippen molar-refractivity contribution in [3.8, 4) is 11.5 Å². The van der Waals surface area contributed by atoms with Crippen LogP contribution >= 0.6 is 0 Å². The van der Waals surface area contributed by atoms with Crippen LogP contribution in [0.2, 0.25) is 0 Å². The molecular weight excluding hydrogens is 244 g/mol. The third-order valence-electron chi connectivity index (χ3n) is 3.60. The molecule has 1 aromatic rings. The lowest BCUT2D eigenvalue weighted by molar-refractivity contribution is -0.120. The van der Waals surface area contributed by atoms with Gasteiger partial charge in [-0.25, -0.2) is 0 Å². The molecular formula is C14H18N2O3. The molecule has 0 bridgehead atoms. The fourth-order valence-electron chi connectivity index (χ4n) is 2.48. The van der Waals surface area contributed by atoms with Gasteiger partial charge in [-0.1, -0.05) is 13.8 Å². The monoisotopic (exact) mass is 262 g/mol. The smallest absolute Gasteiger partial charge is 0.249 e. The van der Waals surface area contributed by atoms with Crippen LogP contribution < -0.4 is 19.7 Å². The summed E-state index contributed by atoms with van der Waals surface area (Å²) in [5.41, 5.74) is 1.76. The van der Waals surface area contributed by atoms with Crippen LogP contribution in [-0.2, 0) is 4.79 Å². The van der Waals surface area contributed by atoms with E-state index in [1.54, 1.807) is 11.9 Å². The van der Waals surface area contributed by atoms with E-state index in [-0.39, 0.29) is 17.9 Å². The van der Waals surface area contributed by atoms with Crippen LogP contribution in [0.1, 0.15) is 13.8 Å². The molecule has 0 saturated heterocycles. The van der Waals surface area contributed by atoms with Crippen molar-refractivity contribution in [1.29, 1.82) is 0 Å². The quantitative estimate of drug-likeness (QED) is 0.839. The van der Waals surface area contributed by atoms with E-state index in [0.29, 0.717) is 19.0 Å². The summed E-state index contributed by atoms with van der Waals surface area (Å²) in [4.78, 5) is 14.0. The van der Waals surface area contributed by atoms with Crippen molar-refractivity contribution < 1.29 is 14.3 Å². The van der Waals surface area contributed by atoms with Gasteiger partial charge in [-0.15, -0.1) is 0 Å². The van der Waals surface area contributed by atoms with Gasteiger partial charge in [0.05, 0.1) is 11.4 Å². The molecule has 5 nitrogen and oxygen atoms in total. The van der Waals surface area contributed by atoms with Crippen LogP contribution in [0.4, 0.5) is 11.4 Å². The molecule has 0 aromatic heterocycles. The van der Waals surface area contributed by atoms with Gasteiger partial charge >= 0.3 is 0 Å². The van der Waals surface area contributed by atoms with E-state index in [9.17, 15) is 4.79 Å². The SMILES string of the molecule is CC(C)C1Nc2cc3c(cc2N(C)C1=O)OCCO3. The first-order valence-corrected chi connectivity index (χ1v) is 6.55. The molecule has 102 valence electrons. The van der Waals surface area contributed by atoms with E-state index < -0.39 is 0 Å². The van der Waals surface area contributed by atoms with Crippen molar-refractivity contribution in [3.63, 3.8) is 0 Å². The number of fused-ring (bicyclic) bond motifs is 2. The van der Waals surface area contributed by atoms with Gasteiger partial charge in [-0.2, -0.15) is 0 Å². The minimum Gasteiger partial charge on any atom is -0.486 e. The fourth-order valence-corrected chi connectivity index (χ4v) is 2.48. The Morgan fingerprint density at radius 1 is 1.26 bits per heavy atom. The summed E-state index contributed by atoms with van der Waals surface area (Å²) in [6.07, 6.45) is 0. The normalized spacial score (nSPS) is 21.2. The number of rotatable bonds is 1. The van der Waals surface area contributed by atoms with Gasteiger partial charge in [0.15, 0.2) is 11.5 Å². The van der Waals surface area contributed by atoms with Crippen LogP contribution in [0.5, 0.6) is 11.5 Å². The Hall–Kier alpha value is -1.91. The molecule has 3 rings (SSSR count). The zero-order chi connectivity index (χ0) is 13.6. The molecule has 2 aliphatic rings. The second kappa shape index (κ2) is 4.33. The van der Waals surface area contributed by atoms with Crippen molar-refractivity contribution in [1.82, 2.24) is 0 Å². The number of benzene rings is 1. The minimum atomic E-state index is -0.194. The summed E-state index contributed by atoms with van der Waals surface area (Å²) < 4.78 is 11.1. The molecule has 1 amide bonds. The lowest BCUT2D eigenvalue weighted by Gasteiger charge is -2.35. The molecule has 1 unspecified atom stereocenters. The van der Waals surface area contributed by atoms with Gasteiger partial charge in [0, 0.05) is 19.2 Å². The Kier molecular flexibility index (Phi) is 2.77. The van der Waals surface area contributed by atoms with E-state index in [1.807, 2.05) is 26.0 Å². The molecule has 0 spiro atoms. The number of carbonyl (C=O) groups excluding carboxylic acids is 1. The maximum atomic E-state index is 12.3. The Labute approximate surface area is 112 Å². The molecule has 1 atom stereocenters. The van der Waals surface area contributed by atoms with Gasteiger partial charge in [0.2, 0.25) is 5.91 Å². The molecule has 19 heavy (non-hydrogen) atoms. The zero-order valence-corrected chi connectivity index (χ0v) is 11.4. The fraction of sp³-hybridized carbons (Fsp3) is 0.500. The largest absolute Gasteiger partial charge is 0.486 e. The first kappa shape index (κ1) is 12.1. The lowest BCUT2D eigenvalue weighted by atomic mass is 9.99. The molecule has 0 fully saturated rings. The average Bonchev–Trinajstić information content (AvgIpc) is 2.41. The predicted molar refractivity (Wildman–Crippen MR) is 73.1 cm³/mol. The second-order valence-corrected chi connectivity index (χ2v) is 5.28. The molecule has 0 radical (unpaired) electrons. The minimum absolute atomic E-state index is 0.0826. The number of amides is 1. The summed E-state index contributed by atoms with van der Waals surface area (Å²) in [5, 5.41) is 3.30. The molecule has 0 aliphatic carbocycles. The Morgan fingerprint density at radius 2 is 1.89 bits per heavy atom. The van der Waals surface area contributed by atoms with Crippen LogP contribution in [0, 0.1) is 5.92 Å². The van der Waals surface area contributed by atoms with Gasteiger partial charge in [-0.05, 0) is 5.92 Å². The maximum absolute atomic E-state index is 12.3. The molecule has 2 heterocycles. The van der Waals surface area contributed by atoms with Gasteiger partial charge in [0.25, 0.3) is 0 Å². The third-order valence-corrected chi connectivity index (χ3v) is 3.60. The number of ether oxygens (including phenoxy) is 2. The molecule has 1 N–H and O–H groups in total. The number of carbonyl (C=O) groups is 1. The van der Waals surface area contributed by atoms with Crippen LogP contribution in [-0.4, -0.2) is 32.2 Å². The Morgan fingerprint density at radius 3 is 2.53 bits per heavy atom. The number of nitrogens with one attached hydrogen (secondary N) is 1. The molecule has 5 heteroatoms. The number of nitrogens with zero attached hydrogens (tertiary/aromatic N) is 1. The zero-order valence-electron chi connectivity index (χ0n) is 11.4. The van der Waals surface area contributed by atoms with Crippen molar-refractivity contribution >= 4 is 17.3 Å². The predicted octanol–water partition coefficient (Wildman–Crippen LogP) is 1.87. The highest BCUT2D eigenvalue weighted by molar-refractivity contribution is 6.05. The van der Waals surface area contributed by atoms with E-state index in [0.717, 1.165) is 17.1 Å². The number of hydrogen-bond acceptors (Lipinski definition) is 4. The highest BCUT2D eigenvalue weighted by Crippen LogP contribution is 2.42. The summed E-state index contributed by atoms with van der Waals surface area (Å²) in [5.74, 6) is 1.76. The second-order valence-electron chi connectivity index (χ2n) is 5.28. The maximum Gasteiger partial charge on any atom is 0.249 e. The highest BCUT2D eigenvalue weighted by atomic mass is 16.6. The van der Waals surface area contributed by atoms with Crippen LogP contribution in [0.25, 0.3) is 0 Å². The molecule has 2 aliphatic heterocycles.